The van der Waals surface area contributed by atoms with Gasteiger partial charge in [0.15, 0.2) is 5.65 Å². The highest BCUT2D eigenvalue weighted by molar-refractivity contribution is 7.71. The van der Waals surface area contributed by atoms with Crippen LogP contribution in [0.3, 0.4) is 0 Å². The zero-order chi connectivity index (χ0) is 7.84. The maximum atomic E-state index is 4.87. The number of hydrogen-bond donors (Lipinski definition) is 1. The van der Waals surface area contributed by atoms with Crippen LogP contribution in [0.1, 0.15) is 5.56 Å². The summed E-state index contributed by atoms with van der Waals surface area (Å²) in [5, 5.41) is 2.92. The second kappa shape index (κ2) is 2.17. The Morgan fingerprint density at radius 1 is 1.55 bits per heavy atom. The average Bonchev–Trinajstić information content (AvgIpc) is 2.27. The van der Waals surface area contributed by atoms with Gasteiger partial charge >= 0.3 is 0 Å². The van der Waals surface area contributed by atoms with Crippen LogP contribution < -0.4 is 0 Å². The number of pyridine rings is 1. The Labute approximate surface area is 68.7 Å². The van der Waals surface area contributed by atoms with E-state index in [4.69, 9.17) is 12.2 Å². The molecular formula is C7H7N3S. The zero-order valence-corrected chi connectivity index (χ0v) is 6.85. The molecule has 0 amide bonds. The van der Waals surface area contributed by atoms with E-state index < -0.39 is 0 Å². The first-order valence-electron chi connectivity index (χ1n) is 3.31. The fourth-order valence-corrected chi connectivity index (χ4v) is 1.20. The number of fused-ring (bicyclic) bond motifs is 1. The number of nitrogens with one attached hydrogen (secondary N) is 1. The standard InChI is InChI=1S/C7H7N3S/c1-5-2-3-6-8-7(11)9-10(6)4-5/h2-4H,1H3,(H,9,11). The fraction of sp³-hybridized carbons (Fsp3) is 0.143. The second-order valence-corrected chi connectivity index (χ2v) is 2.85. The third-order valence-corrected chi connectivity index (χ3v) is 1.69. The molecule has 2 rings (SSSR count). The van der Waals surface area contributed by atoms with Gasteiger partial charge in [-0.15, -0.1) is 0 Å². The summed E-state index contributed by atoms with van der Waals surface area (Å²) in [6.07, 6.45) is 1.96. The van der Waals surface area contributed by atoms with Crippen LogP contribution in [0.2, 0.25) is 0 Å². The average molecular weight is 165 g/mol. The predicted octanol–water partition coefficient (Wildman–Crippen LogP) is 1.70. The maximum absolute atomic E-state index is 4.87. The van der Waals surface area contributed by atoms with E-state index in [1.54, 1.807) is 0 Å². The summed E-state index contributed by atoms with van der Waals surface area (Å²) in [7, 11) is 0. The molecule has 0 aliphatic rings. The molecule has 0 fully saturated rings. The maximum Gasteiger partial charge on any atom is 0.214 e. The number of rotatable bonds is 0. The molecule has 2 heterocycles. The van der Waals surface area contributed by atoms with Gasteiger partial charge in [0.05, 0.1) is 0 Å². The molecule has 1 N–H and O–H groups in total. The summed E-state index contributed by atoms with van der Waals surface area (Å²) in [5.74, 6) is 0. The van der Waals surface area contributed by atoms with E-state index in [9.17, 15) is 0 Å². The summed E-state index contributed by atoms with van der Waals surface area (Å²) in [6.45, 7) is 2.02. The zero-order valence-electron chi connectivity index (χ0n) is 6.03. The van der Waals surface area contributed by atoms with E-state index in [0.717, 1.165) is 5.65 Å². The van der Waals surface area contributed by atoms with Crippen molar-refractivity contribution < 1.29 is 0 Å². The van der Waals surface area contributed by atoms with Crippen molar-refractivity contribution >= 4 is 17.9 Å². The van der Waals surface area contributed by atoms with Crippen LogP contribution in [0.5, 0.6) is 0 Å². The van der Waals surface area contributed by atoms with Gasteiger partial charge < -0.3 is 0 Å². The predicted molar refractivity (Wildman–Crippen MR) is 45.1 cm³/mol. The SMILES string of the molecule is Cc1ccc2nc(=S)[nH]n2c1. The second-order valence-electron chi connectivity index (χ2n) is 2.46. The third-order valence-electron chi connectivity index (χ3n) is 1.51. The van der Waals surface area contributed by atoms with Crippen LogP contribution >= 0.6 is 12.2 Å². The fourth-order valence-electron chi connectivity index (χ4n) is 1.01. The molecule has 0 bridgehead atoms. The minimum Gasteiger partial charge on any atom is -0.267 e. The van der Waals surface area contributed by atoms with Gasteiger partial charge in [0, 0.05) is 6.20 Å². The number of nitrogens with zero attached hydrogens (tertiary/aromatic N) is 2. The highest BCUT2D eigenvalue weighted by Gasteiger charge is 1.92. The van der Waals surface area contributed by atoms with Crippen molar-refractivity contribution in [1.29, 1.82) is 0 Å². The van der Waals surface area contributed by atoms with Crippen molar-refractivity contribution in [1.82, 2.24) is 14.6 Å². The molecule has 0 saturated carbocycles. The largest absolute Gasteiger partial charge is 0.267 e. The molecule has 0 spiro atoms. The Morgan fingerprint density at radius 2 is 2.36 bits per heavy atom. The number of hydrogen-bond acceptors (Lipinski definition) is 2. The van der Waals surface area contributed by atoms with Crippen LogP contribution in [-0.4, -0.2) is 14.6 Å². The summed E-state index contributed by atoms with van der Waals surface area (Å²) in [6, 6.07) is 3.94. The first-order chi connectivity index (χ1) is 5.25. The molecule has 0 aliphatic heterocycles. The Morgan fingerprint density at radius 3 is 3.18 bits per heavy atom. The van der Waals surface area contributed by atoms with Gasteiger partial charge in [-0.05, 0) is 30.8 Å². The van der Waals surface area contributed by atoms with Gasteiger partial charge in [-0.1, -0.05) is 6.07 Å². The van der Waals surface area contributed by atoms with Crippen molar-refractivity contribution in [2.75, 3.05) is 0 Å². The summed E-state index contributed by atoms with van der Waals surface area (Å²) >= 11 is 4.87. The van der Waals surface area contributed by atoms with Crippen molar-refractivity contribution in [2.24, 2.45) is 0 Å². The molecule has 4 heteroatoms. The minimum atomic E-state index is 0.524. The number of H-pyrrole nitrogens is 1. The normalized spacial score (nSPS) is 10.6. The highest BCUT2D eigenvalue weighted by Crippen LogP contribution is 2.01. The lowest BCUT2D eigenvalue weighted by Gasteiger charge is -1.92. The van der Waals surface area contributed by atoms with Gasteiger partial charge in [0.1, 0.15) is 0 Å². The lowest BCUT2D eigenvalue weighted by atomic mass is 10.3. The molecule has 2 aromatic rings. The van der Waals surface area contributed by atoms with Gasteiger partial charge in [-0.2, -0.15) is 4.98 Å². The van der Waals surface area contributed by atoms with Crippen molar-refractivity contribution in [3.8, 4) is 0 Å². The van der Waals surface area contributed by atoms with Crippen LogP contribution in [0.25, 0.3) is 5.65 Å². The molecule has 0 saturated heterocycles. The summed E-state index contributed by atoms with van der Waals surface area (Å²) < 4.78 is 2.34. The molecule has 3 nitrogen and oxygen atoms in total. The lowest BCUT2D eigenvalue weighted by Crippen LogP contribution is -1.86. The third kappa shape index (κ3) is 1.05. The van der Waals surface area contributed by atoms with Crippen molar-refractivity contribution in [3.63, 3.8) is 0 Å². The summed E-state index contributed by atoms with van der Waals surface area (Å²) in [4.78, 5) is 4.08. The molecule has 56 valence electrons. The smallest absolute Gasteiger partial charge is 0.214 e. The molecular weight excluding hydrogens is 158 g/mol. The molecule has 0 aliphatic carbocycles. The first-order valence-corrected chi connectivity index (χ1v) is 3.71. The number of aryl methyl sites for hydroxylation is 1. The van der Waals surface area contributed by atoms with E-state index in [0.29, 0.717) is 4.77 Å². The first kappa shape index (κ1) is 6.54. The minimum absolute atomic E-state index is 0.524. The molecule has 11 heavy (non-hydrogen) atoms. The van der Waals surface area contributed by atoms with Crippen LogP contribution in [-0.2, 0) is 0 Å². The van der Waals surface area contributed by atoms with Gasteiger partial charge in [0.2, 0.25) is 4.77 Å². The molecule has 0 unspecified atom stereocenters. The molecule has 0 aromatic carbocycles. The Hall–Kier alpha value is -1.16. The Bertz CT molecular complexity index is 440. The van der Waals surface area contributed by atoms with Gasteiger partial charge in [-0.25, -0.2) is 4.52 Å². The van der Waals surface area contributed by atoms with E-state index in [1.165, 1.54) is 5.56 Å². The van der Waals surface area contributed by atoms with E-state index in [1.807, 2.05) is 29.8 Å². The molecule has 2 aromatic heterocycles. The van der Waals surface area contributed by atoms with Gasteiger partial charge in [-0.3, -0.25) is 5.10 Å². The Balaban J connectivity index is 2.92. The quantitative estimate of drug-likeness (QED) is 0.603. The van der Waals surface area contributed by atoms with Crippen LogP contribution in [0.15, 0.2) is 18.3 Å². The lowest BCUT2D eigenvalue weighted by molar-refractivity contribution is 0.943. The Kier molecular flexibility index (Phi) is 1.29. The molecule has 0 atom stereocenters. The topological polar surface area (TPSA) is 33.1 Å². The van der Waals surface area contributed by atoms with Crippen molar-refractivity contribution in [3.05, 3.63) is 28.7 Å². The highest BCUT2D eigenvalue weighted by atomic mass is 32.1. The van der Waals surface area contributed by atoms with Gasteiger partial charge in [0.25, 0.3) is 0 Å². The monoisotopic (exact) mass is 165 g/mol. The molecule has 0 radical (unpaired) electrons. The summed E-state index contributed by atoms with van der Waals surface area (Å²) in [5.41, 5.74) is 2.04. The van der Waals surface area contributed by atoms with E-state index >= 15 is 0 Å². The van der Waals surface area contributed by atoms with E-state index in [2.05, 4.69) is 10.1 Å². The van der Waals surface area contributed by atoms with Crippen LogP contribution in [0.4, 0.5) is 0 Å². The van der Waals surface area contributed by atoms with Crippen LogP contribution in [0, 0.1) is 11.7 Å². The van der Waals surface area contributed by atoms with Crippen molar-refractivity contribution in [2.45, 2.75) is 6.92 Å². The number of aromatic nitrogens is 3. The number of aromatic amines is 1. The van der Waals surface area contributed by atoms with E-state index in [-0.39, 0.29) is 0 Å².